The fraction of sp³-hybridized carbons (Fsp3) is 0.409. The molecule has 0 saturated heterocycles. The Morgan fingerprint density at radius 1 is 1.32 bits per heavy atom. The van der Waals surface area contributed by atoms with Gasteiger partial charge in [0.25, 0.3) is 5.56 Å². The maximum atomic E-state index is 13.4. The summed E-state index contributed by atoms with van der Waals surface area (Å²) in [4.78, 5) is 46.3. The molecular formula is C22H28N6O5S. The highest BCUT2D eigenvalue weighted by Gasteiger charge is 2.25. The Balaban J connectivity index is 1.96. The van der Waals surface area contributed by atoms with E-state index in [1.807, 2.05) is 19.1 Å². The highest BCUT2D eigenvalue weighted by Crippen LogP contribution is 2.25. The largest absolute Gasteiger partial charge is 0.496 e. The van der Waals surface area contributed by atoms with Crippen LogP contribution < -0.4 is 26.6 Å². The summed E-state index contributed by atoms with van der Waals surface area (Å²) < 4.78 is 11.7. The molecule has 3 N–H and O–H groups in total. The van der Waals surface area contributed by atoms with E-state index in [1.54, 1.807) is 19.1 Å². The lowest BCUT2D eigenvalue weighted by Gasteiger charge is -2.25. The molecule has 0 aliphatic carbocycles. The minimum absolute atomic E-state index is 0.0235. The Morgan fingerprint density at radius 3 is 2.76 bits per heavy atom. The Labute approximate surface area is 200 Å². The number of unbranched alkanes of at least 4 members (excludes halogenated alkanes) is 1. The number of para-hydroxylation sites is 1. The molecule has 0 aliphatic rings. The summed E-state index contributed by atoms with van der Waals surface area (Å²) in [7, 11) is 1.53. The number of H-pyrrole nitrogens is 1. The Bertz CT molecular complexity index is 1250. The molecule has 0 spiro atoms. The van der Waals surface area contributed by atoms with Gasteiger partial charge in [0.15, 0.2) is 11.5 Å². The number of aryl methyl sites for hydroxylation is 1. The average molecular weight is 489 g/mol. The first-order valence-electron chi connectivity index (χ1n) is 10.8. The Morgan fingerprint density at radius 2 is 2.09 bits per heavy atom. The molecule has 1 aromatic carbocycles. The highest BCUT2D eigenvalue weighted by atomic mass is 32.2. The van der Waals surface area contributed by atoms with Crippen molar-refractivity contribution in [2.24, 2.45) is 0 Å². The summed E-state index contributed by atoms with van der Waals surface area (Å²) in [5.74, 6) is 1.43. The van der Waals surface area contributed by atoms with Crippen LogP contribution in [0, 0.1) is 6.92 Å². The third kappa shape index (κ3) is 5.87. The van der Waals surface area contributed by atoms with Gasteiger partial charge in [0, 0.05) is 19.0 Å². The molecular weight excluding hydrogens is 460 g/mol. The van der Waals surface area contributed by atoms with E-state index in [0.717, 1.165) is 6.42 Å². The van der Waals surface area contributed by atoms with Crippen molar-refractivity contribution in [1.82, 2.24) is 19.7 Å². The number of methoxy groups -OCH3 is 1. The van der Waals surface area contributed by atoms with Crippen LogP contribution in [0.2, 0.25) is 0 Å². The molecule has 2 aromatic heterocycles. The smallest absolute Gasteiger partial charge is 0.330 e. The van der Waals surface area contributed by atoms with Gasteiger partial charge in [0.05, 0.1) is 25.2 Å². The summed E-state index contributed by atoms with van der Waals surface area (Å²) >= 11 is 1.28. The summed E-state index contributed by atoms with van der Waals surface area (Å²) in [6.07, 6.45) is 1.52. The highest BCUT2D eigenvalue weighted by molar-refractivity contribution is 7.99. The normalized spacial score (nSPS) is 10.9. The SMILES string of the molecule is CCCCn1c(N)c(N(Cc2ccccc2OC)C(=O)CSCc2noc(C)n2)c(=O)[nH]c1=O. The number of benzene rings is 1. The lowest BCUT2D eigenvalue weighted by atomic mass is 10.1. The van der Waals surface area contributed by atoms with Gasteiger partial charge in [-0.25, -0.2) is 4.79 Å². The fourth-order valence-electron chi connectivity index (χ4n) is 3.38. The number of aromatic nitrogens is 4. The van der Waals surface area contributed by atoms with Crippen LogP contribution in [0.1, 0.15) is 37.0 Å². The number of rotatable bonds is 11. The van der Waals surface area contributed by atoms with E-state index >= 15 is 0 Å². The molecule has 0 radical (unpaired) electrons. The lowest BCUT2D eigenvalue weighted by Crippen LogP contribution is -2.41. The minimum Gasteiger partial charge on any atom is -0.496 e. The first-order valence-corrected chi connectivity index (χ1v) is 11.9. The number of carbonyl (C=O) groups is 1. The first kappa shape index (κ1) is 25.1. The summed E-state index contributed by atoms with van der Waals surface area (Å²) in [6, 6.07) is 7.18. The number of carbonyl (C=O) groups excluding carboxylic acids is 1. The summed E-state index contributed by atoms with van der Waals surface area (Å²) in [5.41, 5.74) is 5.58. The molecule has 11 nitrogen and oxygen atoms in total. The standard InChI is InChI=1S/C22H28N6O5S/c1-4-5-10-27-20(23)19(21(30)25-22(27)31)28(11-15-8-6-7-9-16(15)32-3)18(29)13-34-12-17-24-14(2)33-26-17/h6-9H,4-5,10-13,23H2,1-3H3,(H,25,30,31). The molecule has 34 heavy (non-hydrogen) atoms. The van der Waals surface area contributed by atoms with Crippen molar-refractivity contribution in [2.45, 2.75) is 45.5 Å². The topological polar surface area (TPSA) is 149 Å². The van der Waals surface area contributed by atoms with Gasteiger partial charge in [-0.1, -0.05) is 36.7 Å². The van der Waals surface area contributed by atoms with Crippen LogP contribution >= 0.6 is 11.8 Å². The molecule has 0 aliphatic heterocycles. The molecule has 3 aromatic rings. The predicted molar refractivity (Wildman–Crippen MR) is 130 cm³/mol. The molecule has 0 unspecified atom stereocenters. The van der Waals surface area contributed by atoms with E-state index in [4.69, 9.17) is 15.0 Å². The third-order valence-electron chi connectivity index (χ3n) is 5.07. The molecule has 182 valence electrons. The summed E-state index contributed by atoms with van der Waals surface area (Å²) in [6.45, 7) is 4.02. The van der Waals surface area contributed by atoms with Gasteiger partial charge in [-0.2, -0.15) is 4.98 Å². The molecule has 0 atom stereocenters. The van der Waals surface area contributed by atoms with E-state index < -0.39 is 11.2 Å². The lowest BCUT2D eigenvalue weighted by molar-refractivity contribution is -0.116. The fourth-order valence-corrected chi connectivity index (χ4v) is 4.11. The van der Waals surface area contributed by atoms with E-state index in [-0.39, 0.29) is 29.7 Å². The van der Waals surface area contributed by atoms with Crippen molar-refractivity contribution in [2.75, 3.05) is 23.5 Å². The van der Waals surface area contributed by atoms with Crippen molar-refractivity contribution in [1.29, 1.82) is 0 Å². The maximum Gasteiger partial charge on any atom is 0.330 e. The van der Waals surface area contributed by atoms with Gasteiger partial charge in [-0.3, -0.25) is 24.0 Å². The second kappa shape index (κ2) is 11.5. The monoisotopic (exact) mass is 488 g/mol. The molecule has 0 bridgehead atoms. The van der Waals surface area contributed by atoms with Crippen LogP contribution in [0.25, 0.3) is 0 Å². The molecule has 12 heteroatoms. The number of nitrogen functional groups attached to an aromatic ring is 1. The second-order valence-electron chi connectivity index (χ2n) is 7.51. The maximum absolute atomic E-state index is 13.4. The number of hydrogen-bond acceptors (Lipinski definition) is 9. The van der Waals surface area contributed by atoms with Crippen LogP contribution in [0.15, 0.2) is 38.4 Å². The average Bonchev–Trinajstić information content (AvgIpc) is 3.23. The molecule has 0 saturated carbocycles. The van der Waals surface area contributed by atoms with Crippen molar-refractivity contribution in [3.63, 3.8) is 0 Å². The zero-order valence-corrected chi connectivity index (χ0v) is 20.2. The summed E-state index contributed by atoms with van der Waals surface area (Å²) in [5, 5.41) is 3.82. The zero-order chi connectivity index (χ0) is 24.7. The third-order valence-corrected chi connectivity index (χ3v) is 5.98. The van der Waals surface area contributed by atoms with Crippen molar-refractivity contribution in [3.05, 3.63) is 62.4 Å². The number of aromatic amines is 1. The van der Waals surface area contributed by atoms with Crippen LogP contribution in [0.5, 0.6) is 5.75 Å². The van der Waals surface area contributed by atoms with Crippen LogP contribution in [-0.4, -0.2) is 38.5 Å². The van der Waals surface area contributed by atoms with Gasteiger partial charge < -0.3 is 15.0 Å². The Kier molecular flexibility index (Phi) is 8.52. The second-order valence-corrected chi connectivity index (χ2v) is 8.50. The van der Waals surface area contributed by atoms with Crippen molar-refractivity contribution >= 4 is 29.2 Å². The van der Waals surface area contributed by atoms with Crippen LogP contribution in [0.3, 0.4) is 0 Å². The van der Waals surface area contributed by atoms with Crippen molar-refractivity contribution in [3.8, 4) is 5.75 Å². The number of ether oxygens (including phenoxy) is 1. The van der Waals surface area contributed by atoms with Gasteiger partial charge in [0.2, 0.25) is 11.8 Å². The van der Waals surface area contributed by atoms with E-state index in [2.05, 4.69) is 15.1 Å². The number of nitrogens with zero attached hydrogens (tertiary/aromatic N) is 4. The van der Waals surface area contributed by atoms with Crippen LogP contribution in [-0.2, 0) is 23.6 Å². The molecule has 3 rings (SSSR count). The van der Waals surface area contributed by atoms with Crippen LogP contribution in [0.4, 0.5) is 11.5 Å². The van der Waals surface area contributed by atoms with Crippen molar-refractivity contribution < 1.29 is 14.1 Å². The van der Waals surface area contributed by atoms with E-state index in [9.17, 15) is 14.4 Å². The molecule has 0 fully saturated rings. The van der Waals surface area contributed by atoms with Gasteiger partial charge in [-0.05, 0) is 12.5 Å². The number of nitrogens with two attached hydrogens (primary N) is 1. The van der Waals surface area contributed by atoms with Gasteiger partial charge in [0.1, 0.15) is 11.6 Å². The number of nitrogens with one attached hydrogen (secondary N) is 1. The predicted octanol–water partition coefficient (Wildman–Crippen LogP) is 2.09. The zero-order valence-electron chi connectivity index (χ0n) is 19.4. The quantitative estimate of drug-likeness (QED) is 0.413. The number of anilines is 2. The molecule has 2 heterocycles. The van der Waals surface area contributed by atoms with Gasteiger partial charge in [-0.15, -0.1) is 11.8 Å². The number of hydrogen-bond donors (Lipinski definition) is 2. The first-order chi connectivity index (χ1) is 16.3. The Hall–Kier alpha value is -3.54. The van der Waals surface area contributed by atoms with E-state index in [0.29, 0.717) is 41.7 Å². The van der Waals surface area contributed by atoms with Gasteiger partial charge >= 0.3 is 5.69 Å². The minimum atomic E-state index is -0.725. The van der Waals surface area contributed by atoms with E-state index in [1.165, 1.54) is 28.3 Å². The number of thioether (sulfide) groups is 1. The number of amides is 1. The molecule has 1 amide bonds.